The van der Waals surface area contributed by atoms with E-state index in [1.807, 2.05) is 44.0 Å². The van der Waals surface area contributed by atoms with Crippen LogP contribution < -0.4 is 10.1 Å². The Balaban J connectivity index is 1.96. The molecule has 2 N–H and O–H groups in total. The average Bonchev–Trinajstić information content (AvgIpc) is 3.31. The van der Waals surface area contributed by atoms with Crippen molar-refractivity contribution < 1.29 is 14.6 Å². The Hall–Kier alpha value is -1.59. The van der Waals surface area contributed by atoms with E-state index >= 15 is 0 Å². The van der Waals surface area contributed by atoms with Crippen molar-refractivity contribution in [3.63, 3.8) is 0 Å². The van der Waals surface area contributed by atoms with E-state index < -0.39 is 0 Å². The van der Waals surface area contributed by atoms with Gasteiger partial charge >= 0.3 is 0 Å². The van der Waals surface area contributed by atoms with Crippen LogP contribution in [0.25, 0.3) is 0 Å². The third-order valence-corrected chi connectivity index (χ3v) is 4.29. The number of carbonyl (C=O) groups excluding carboxylic acids is 1. The lowest BCUT2D eigenvalue weighted by Gasteiger charge is -2.26. The second kappa shape index (κ2) is 7.11. The van der Waals surface area contributed by atoms with Crippen LogP contribution >= 0.6 is 0 Å². The molecular weight excluding hydrogens is 280 g/mol. The minimum absolute atomic E-state index is 0.102. The van der Waals surface area contributed by atoms with Gasteiger partial charge < -0.3 is 15.2 Å². The Kier molecular flexibility index (Phi) is 5.42. The van der Waals surface area contributed by atoms with Crippen LogP contribution in [0, 0.1) is 12.8 Å². The van der Waals surface area contributed by atoms with Crippen molar-refractivity contribution in [1.82, 2.24) is 4.90 Å². The standard InChI is InChI=1S/C17H26N2O3/c1-11-5-8-16(22-4)14(9-11)18-17(21)12(2)19(3)10-15(20)13-6-7-13/h5,8-9,12-13,15,20H,6-7,10H2,1-4H3,(H,18,21). The fourth-order valence-corrected chi connectivity index (χ4v) is 2.44. The first-order chi connectivity index (χ1) is 10.4. The van der Waals surface area contributed by atoms with Gasteiger partial charge in [-0.1, -0.05) is 6.07 Å². The fraction of sp³-hybridized carbons (Fsp3) is 0.588. The molecule has 0 spiro atoms. The molecule has 5 heteroatoms. The van der Waals surface area contributed by atoms with Crippen molar-refractivity contribution in [3.8, 4) is 5.75 Å². The van der Waals surface area contributed by atoms with Gasteiger partial charge in [0.25, 0.3) is 0 Å². The van der Waals surface area contributed by atoms with Gasteiger partial charge in [-0.2, -0.15) is 0 Å². The zero-order valence-electron chi connectivity index (χ0n) is 13.8. The number of benzene rings is 1. The molecule has 1 aliphatic carbocycles. The highest BCUT2D eigenvalue weighted by atomic mass is 16.5. The number of hydrogen-bond acceptors (Lipinski definition) is 4. The molecule has 1 amide bonds. The van der Waals surface area contributed by atoms with E-state index in [1.165, 1.54) is 0 Å². The average molecular weight is 306 g/mol. The number of likely N-dealkylation sites (N-methyl/N-ethyl adjacent to an activating group) is 1. The van der Waals surface area contributed by atoms with E-state index in [0.29, 0.717) is 23.9 Å². The predicted octanol–water partition coefficient (Wildman–Crippen LogP) is 2.03. The summed E-state index contributed by atoms with van der Waals surface area (Å²) in [6, 6.07) is 5.35. The normalized spacial score (nSPS) is 17.2. The Morgan fingerprint density at radius 3 is 2.77 bits per heavy atom. The molecule has 5 nitrogen and oxygen atoms in total. The lowest BCUT2D eigenvalue weighted by molar-refractivity contribution is -0.120. The van der Waals surface area contributed by atoms with Gasteiger partial charge in [-0.05, 0) is 57.4 Å². The fourth-order valence-electron chi connectivity index (χ4n) is 2.44. The van der Waals surface area contributed by atoms with Gasteiger partial charge in [0.15, 0.2) is 0 Å². The minimum Gasteiger partial charge on any atom is -0.495 e. The van der Waals surface area contributed by atoms with E-state index in [4.69, 9.17) is 4.74 Å². The highest BCUT2D eigenvalue weighted by Crippen LogP contribution is 2.33. The molecule has 0 aromatic heterocycles. The Morgan fingerprint density at radius 1 is 1.50 bits per heavy atom. The van der Waals surface area contributed by atoms with Gasteiger partial charge in [0.2, 0.25) is 5.91 Å². The summed E-state index contributed by atoms with van der Waals surface area (Å²) in [6.45, 7) is 4.33. The molecule has 22 heavy (non-hydrogen) atoms. The topological polar surface area (TPSA) is 61.8 Å². The maximum Gasteiger partial charge on any atom is 0.241 e. The molecular formula is C17H26N2O3. The van der Waals surface area contributed by atoms with Crippen LogP contribution in [0.1, 0.15) is 25.3 Å². The molecule has 0 heterocycles. The summed E-state index contributed by atoms with van der Waals surface area (Å²) in [4.78, 5) is 14.3. The van der Waals surface area contributed by atoms with Crippen LogP contribution in [0.15, 0.2) is 18.2 Å². The second-order valence-corrected chi connectivity index (χ2v) is 6.21. The van der Waals surface area contributed by atoms with Crippen LogP contribution in [0.2, 0.25) is 0 Å². The summed E-state index contributed by atoms with van der Waals surface area (Å²) in [6.07, 6.45) is 1.85. The molecule has 0 radical (unpaired) electrons. The Labute approximate surface area is 132 Å². The van der Waals surface area contributed by atoms with Crippen molar-refractivity contribution in [2.75, 3.05) is 26.0 Å². The molecule has 2 atom stereocenters. The van der Waals surface area contributed by atoms with E-state index in [0.717, 1.165) is 18.4 Å². The number of nitrogens with zero attached hydrogens (tertiary/aromatic N) is 1. The number of aliphatic hydroxyl groups excluding tert-OH is 1. The first-order valence-corrected chi connectivity index (χ1v) is 7.76. The van der Waals surface area contributed by atoms with Gasteiger partial charge in [0.05, 0.1) is 24.9 Å². The number of aliphatic hydroxyl groups is 1. The Morgan fingerprint density at radius 2 is 2.18 bits per heavy atom. The maximum atomic E-state index is 12.4. The van der Waals surface area contributed by atoms with Crippen molar-refractivity contribution in [1.29, 1.82) is 0 Å². The zero-order valence-corrected chi connectivity index (χ0v) is 13.8. The molecule has 1 fully saturated rings. The number of nitrogens with one attached hydrogen (secondary N) is 1. The van der Waals surface area contributed by atoms with Crippen LogP contribution in [-0.4, -0.2) is 48.8 Å². The van der Waals surface area contributed by atoms with Crippen molar-refractivity contribution in [3.05, 3.63) is 23.8 Å². The molecule has 1 saturated carbocycles. The smallest absolute Gasteiger partial charge is 0.241 e. The van der Waals surface area contributed by atoms with Gasteiger partial charge in [0, 0.05) is 6.54 Å². The summed E-state index contributed by atoms with van der Waals surface area (Å²) in [5, 5.41) is 12.9. The zero-order chi connectivity index (χ0) is 16.3. The molecule has 122 valence electrons. The van der Waals surface area contributed by atoms with Crippen LogP contribution in [0.4, 0.5) is 5.69 Å². The van der Waals surface area contributed by atoms with Crippen LogP contribution in [-0.2, 0) is 4.79 Å². The minimum atomic E-state index is -0.339. The number of amides is 1. The molecule has 1 aliphatic rings. The summed E-state index contributed by atoms with van der Waals surface area (Å²) in [5.74, 6) is 0.954. The molecule has 2 unspecified atom stereocenters. The quantitative estimate of drug-likeness (QED) is 0.809. The third-order valence-electron chi connectivity index (χ3n) is 4.29. The van der Waals surface area contributed by atoms with Gasteiger partial charge in [-0.3, -0.25) is 9.69 Å². The lowest BCUT2D eigenvalue weighted by Crippen LogP contribution is -2.43. The van der Waals surface area contributed by atoms with Crippen molar-refractivity contribution in [2.24, 2.45) is 5.92 Å². The number of rotatable bonds is 7. The second-order valence-electron chi connectivity index (χ2n) is 6.21. The first-order valence-electron chi connectivity index (χ1n) is 7.76. The number of anilines is 1. The molecule has 0 aliphatic heterocycles. The molecule has 2 rings (SSSR count). The van der Waals surface area contributed by atoms with Gasteiger partial charge in [0.1, 0.15) is 5.75 Å². The number of hydrogen-bond donors (Lipinski definition) is 2. The lowest BCUT2D eigenvalue weighted by atomic mass is 10.1. The van der Waals surface area contributed by atoms with Gasteiger partial charge in [-0.25, -0.2) is 0 Å². The summed E-state index contributed by atoms with van der Waals surface area (Å²) in [7, 11) is 3.45. The molecule has 0 bridgehead atoms. The maximum absolute atomic E-state index is 12.4. The SMILES string of the molecule is COc1ccc(C)cc1NC(=O)C(C)N(C)CC(O)C1CC1. The molecule has 1 aromatic carbocycles. The predicted molar refractivity (Wildman–Crippen MR) is 87.2 cm³/mol. The number of aryl methyl sites for hydroxylation is 1. The van der Waals surface area contributed by atoms with E-state index in [1.54, 1.807) is 7.11 Å². The highest BCUT2D eigenvalue weighted by molar-refractivity contribution is 5.95. The van der Waals surface area contributed by atoms with Crippen molar-refractivity contribution >= 4 is 11.6 Å². The van der Waals surface area contributed by atoms with E-state index in [9.17, 15) is 9.90 Å². The number of ether oxygens (including phenoxy) is 1. The van der Waals surface area contributed by atoms with Crippen molar-refractivity contribution in [2.45, 2.75) is 38.8 Å². The molecule has 1 aromatic rings. The third kappa shape index (κ3) is 4.21. The number of carbonyl (C=O) groups is 1. The summed E-state index contributed by atoms with van der Waals surface area (Å²) in [5.41, 5.74) is 1.73. The molecule has 0 saturated heterocycles. The largest absolute Gasteiger partial charge is 0.495 e. The number of methoxy groups -OCH3 is 1. The van der Waals surface area contributed by atoms with E-state index in [-0.39, 0.29) is 18.1 Å². The van der Waals surface area contributed by atoms with E-state index in [2.05, 4.69) is 5.32 Å². The summed E-state index contributed by atoms with van der Waals surface area (Å²) >= 11 is 0. The van der Waals surface area contributed by atoms with Crippen LogP contribution in [0.3, 0.4) is 0 Å². The highest BCUT2D eigenvalue weighted by Gasteiger charge is 2.32. The summed E-state index contributed by atoms with van der Waals surface area (Å²) < 4.78 is 5.28. The Bertz CT molecular complexity index is 529. The monoisotopic (exact) mass is 306 g/mol. The van der Waals surface area contributed by atoms with Gasteiger partial charge in [-0.15, -0.1) is 0 Å². The van der Waals surface area contributed by atoms with Crippen LogP contribution in [0.5, 0.6) is 5.75 Å². The first kappa shape index (κ1) is 16.8.